The van der Waals surface area contributed by atoms with Crippen molar-refractivity contribution >= 4 is 17.9 Å². The van der Waals surface area contributed by atoms with Crippen molar-refractivity contribution < 1.29 is 28.6 Å². The number of carbonyl (C=O) groups is 3. The van der Waals surface area contributed by atoms with Gasteiger partial charge < -0.3 is 14.2 Å². The summed E-state index contributed by atoms with van der Waals surface area (Å²) in [6.07, 6.45) is 58.8. The van der Waals surface area contributed by atoms with Gasteiger partial charge in [-0.25, -0.2) is 0 Å². The molecule has 0 spiro atoms. The molecule has 0 aliphatic rings. The lowest BCUT2D eigenvalue weighted by atomic mass is 10.1. The molecule has 6 nitrogen and oxygen atoms in total. The Morgan fingerprint density at radius 2 is 0.661 bits per heavy atom. The highest BCUT2D eigenvalue weighted by atomic mass is 16.6. The van der Waals surface area contributed by atoms with E-state index in [1.54, 1.807) is 0 Å². The molecule has 1 atom stereocenters. The van der Waals surface area contributed by atoms with Gasteiger partial charge in [-0.3, -0.25) is 14.4 Å². The molecular formula is C53H90O6. The number of esters is 3. The summed E-state index contributed by atoms with van der Waals surface area (Å²) in [4.78, 5) is 37.8. The summed E-state index contributed by atoms with van der Waals surface area (Å²) >= 11 is 0. The predicted molar refractivity (Wildman–Crippen MR) is 251 cm³/mol. The standard InChI is InChI=1S/C53H90O6/c1-4-7-10-13-16-19-21-23-25-26-28-29-31-34-37-40-43-46-52(55)58-49-50(48-57-51(54)45-42-39-36-33-18-15-12-9-6-3)59-53(56)47-44-41-38-35-32-30-27-24-22-20-17-14-11-8-5-2/h7,10,16-17,19-20,23-25,27-29,50H,4-6,8-9,11-15,18,21-22,26,30-49H2,1-3H3/b10-7-,19-16-,20-17-,25-23-,27-24-,29-28-. The van der Waals surface area contributed by atoms with Gasteiger partial charge in [0.1, 0.15) is 13.2 Å². The summed E-state index contributed by atoms with van der Waals surface area (Å²) < 4.78 is 16.7. The van der Waals surface area contributed by atoms with Gasteiger partial charge in [-0.15, -0.1) is 0 Å². The van der Waals surface area contributed by atoms with Crippen LogP contribution < -0.4 is 0 Å². The average Bonchev–Trinajstić information content (AvgIpc) is 3.23. The molecule has 1 unspecified atom stereocenters. The third-order valence-electron chi connectivity index (χ3n) is 10.2. The van der Waals surface area contributed by atoms with Crippen molar-refractivity contribution in [2.24, 2.45) is 0 Å². The first-order valence-corrected chi connectivity index (χ1v) is 24.4. The van der Waals surface area contributed by atoms with Crippen molar-refractivity contribution in [3.05, 3.63) is 72.9 Å². The fourth-order valence-corrected chi connectivity index (χ4v) is 6.52. The van der Waals surface area contributed by atoms with Gasteiger partial charge in [0, 0.05) is 19.3 Å². The number of hydrogen-bond donors (Lipinski definition) is 0. The molecule has 338 valence electrons. The quantitative estimate of drug-likeness (QED) is 0.0264. The predicted octanol–water partition coefficient (Wildman–Crippen LogP) is 15.9. The molecule has 0 N–H and O–H groups in total. The number of allylic oxidation sites excluding steroid dienone is 12. The van der Waals surface area contributed by atoms with E-state index in [9.17, 15) is 14.4 Å². The molecule has 6 heteroatoms. The molecule has 0 radical (unpaired) electrons. The first kappa shape index (κ1) is 55.9. The van der Waals surface area contributed by atoms with E-state index in [1.165, 1.54) is 64.2 Å². The maximum absolute atomic E-state index is 12.7. The first-order chi connectivity index (χ1) is 29.0. The van der Waals surface area contributed by atoms with Crippen LogP contribution >= 0.6 is 0 Å². The lowest BCUT2D eigenvalue weighted by molar-refractivity contribution is -0.167. The summed E-state index contributed by atoms with van der Waals surface area (Å²) in [5.41, 5.74) is 0. The van der Waals surface area contributed by atoms with E-state index in [-0.39, 0.29) is 31.1 Å². The zero-order chi connectivity index (χ0) is 43.0. The SMILES string of the molecule is CC/C=C\C/C=C\C/C=C\C/C=C\CCCCCCC(=O)OCC(COC(=O)CCCCCCCCCCC)OC(=O)CCCCCCC/C=C\C/C=C\CCCCC. The van der Waals surface area contributed by atoms with Crippen LogP contribution in [0.15, 0.2) is 72.9 Å². The highest BCUT2D eigenvalue weighted by Gasteiger charge is 2.19. The zero-order valence-corrected chi connectivity index (χ0v) is 38.5. The van der Waals surface area contributed by atoms with E-state index in [0.29, 0.717) is 19.3 Å². The van der Waals surface area contributed by atoms with Gasteiger partial charge >= 0.3 is 17.9 Å². The van der Waals surface area contributed by atoms with Crippen LogP contribution in [0.4, 0.5) is 0 Å². The monoisotopic (exact) mass is 823 g/mol. The molecule has 0 aromatic heterocycles. The van der Waals surface area contributed by atoms with Gasteiger partial charge in [-0.05, 0) is 89.9 Å². The number of rotatable bonds is 43. The van der Waals surface area contributed by atoms with Gasteiger partial charge in [0.15, 0.2) is 6.10 Å². The Bertz CT molecular complexity index is 1130. The molecule has 0 saturated heterocycles. The van der Waals surface area contributed by atoms with E-state index in [2.05, 4.69) is 93.7 Å². The van der Waals surface area contributed by atoms with Crippen LogP contribution in [0.1, 0.15) is 226 Å². The van der Waals surface area contributed by atoms with Crippen molar-refractivity contribution in [3.63, 3.8) is 0 Å². The molecule has 0 saturated carbocycles. The van der Waals surface area contributed by atoms with Crippen molar-refractivity contribution in [2.45, 2.75) is 232 Å². The molecule has 59 heavy (non-hydrogen) atoms. The summed E-state index contributed by atoms with van der Waals surface area (Å²) in [6.45, 7) is 6.44. The second-order valence-electron chi connectivity index (χ2n) is 16.0. The summed E-state index contributed by atoms with van der Waals surface area (Å²) in [5.74, 6) is -0.931. The Morgan fingerprint density at radius 3 is 1.07 bits per heavy atom. The van der Waals surface area contributed by atoms with Gasteiger partial charge in [-0.2, -0.15) is 0 Å². The van der Waals surface area contributed by atoms with Crippen LogP contribution in [0, 0.1) is 0 Å². The number of unbranched alkanes of at least 4 members (excludes halogenated alkanes) is 20. The summed E-state index contributed by atoms with van der Waals surface area (Å²) in [6, 6.07) is 0. The molecule has 0 aliphatic heterocycles. The van der Waals surface area contributed by atoms with E-state index < -0.39 is 6.10 Å². The molecule has 0 bridgehead atoms. The maximum atomic E-state index is 12.7. The number of hydrogen-bond acceptors (Lipinski definition) is 6. The van der Waals surface area contributed by atoms with E-state index in [4.69, 9.17) is 14.2 Å². The highest BCUT2D eigenvalue weighted by Crippen LogP contribution is 2.13. The Morgan fingerprint density at radius 1 is 0.356 bits per heavy atom. The minimum atomic E-state index is -0.789. The van der Waals surface area contributed by atoms with E-state index in [0.717, 1.165) is 122 Å². The van der Waals surface area contributed by atoms with Crippen LogP contribution in [0.25, 0.3) is 0 Å². The Balaban J connectivity index is 4.41. The topological polar surface area (TPSA) is 78.9 Å². The first-order valence-electron chi connectivity index (χ1n) is 24.4. The fourth-order valence-electron chi connectivity index (χ4n) is 6.52. The minimum absolute atomic E-state index is 0.0885. The van der Waals surface area contributed by atoms with Gasteiger partial charge in [0.2, 0.25) is 0 Å². The molecule has 0 aromatic carbocycles. The van der Waals surface area contributed by atoms with Crippen molar-refractivity contribution in [3.8, 4) is 0 Å². The lowest BCUT2D eigenvalue weighted by Crippen LogP contribution is -2.30. The minimum Gasteiger partial charge on any atom is -0.462 e. The van der Waals surface area contributed by atoms with Crippen molar-refractivity contribution in [1.29, 1.82) is 0 Å². The fraction of sp³-hybridized carbons (Fsp3) is 0.717. The zero-order valence-electron chi connectivity index (χ0n) is 38.5. The number of carbonyl (C=O) groups excluding carboxylic acids is 3. The normalized spacial score (nSPS) is 12.7. The smallest absolute Gasteiger partial charge is 0.306 e. The maximum Gasteiger partial charge on any atom is 0.306 e. The van der Waals surface area contributed by atoms with Gasteiger partial charge in [0.25, 0.3) is 0 Å². The van der Waals surface area contributed by atoms with Crippen LogP contribution in [0.3, 0.4) is 0 Å². The van der Waals surface area contributed by atoms with Crippen molar-refractivity contribution in [2.75, 3.05) is 13.2 Å². The third-order valence-corrected chi connectivity index (χ3v) is 10.2. The average molecular weight is 823 g/mol. The van der Waals surface area contributed by atoms with Gasteiger partial charge in [-0.1, -0.05) is 190 Å². The molecular weight excluding hydrogens is 733 g/mol. The van der Waals surface area contributed by atoms with Crippen LogP contribution in [0.5, 0.6) is 0 Å². The number of ether oxygens (including phenoxy) is 3. The Kier molecular flexibility index (Phi) is 45.0. The Hall–Kier alpha value is -3.15. The van der Waals surface area contributed by atoms with Crippen LogP contribution in [-0.2, 0) is 28.6 Å². The second kappa shape index (κ2) is 47.5. The molecule has 0 heterocycles. The molecule has 0 aliphatic carbocycles. The van der Waals surface area contributed by atoms with Crippen LogP contribution in [-0.4, -0.2) is 37.2 Å². The Labute approximate surface area is 363 Å². The van der Waals surface area contributed by atoms with E-state index >= 15 is 0 Å². The van der Waals surface area contributed by atoms with E-state index in [1.807, 2.05) is 0 Å². The summed E-state index contributed by atoms with van der Waals surface area (Å²) in [5, 5.41) is 0. The van der Waals surface area contributed by atoms with Gasteiger partial charge in [0.05, 0.1) is 0 Å². The molecule has 0 amide bonds. The van der Waals surface area contributed by atoms with Crippen molar-refractivity contribution in [1.82, 2.24) is 0 Å². The summed E-state index contributed by atoms with van der Waals surface area (Å²) in [7, 11) is 0. The lowest BCUT2D eigenvalue weighted by Gasteiger charge is -2.18. The third kappa shape index (κ3) is 45.8. The second-order valence-corrected chi connectivity index (χ2v) is 16.0. The molecule has 0 aromatic rings. The highest BCUT2D eigenvalue weighted by molar-refractivity contribution is 5.71. The molecule has 0 fully saturated rings. The molecule has 0 rings (SSSR count). The van der Waals surface area contributed by atoms with Crippen LogP contribution in [0.2, 0.25) is 0 Å². The largest absolute Gasteiger partial charge is 0.462 e.